The van der Waals surface area contributed by atoms with Crippen LogP contribution in [0.5, 0.6) is 0 Å². The smallest absolute Gasteiger partial charge is 0.162 e. The third-order valence-corrected chi connectivity index (χ3v) is 3.44. The number of nitrogens with zero attached hydrogens (tertiary/aromatic N) is 4. The average Bonchev–Trinajstić information content (AvgIpc) is 3.17. The van der Waals surface area contributed by atoms with Gasteiger partial charge in [-0.25, -0.2) is 20.5 Å². The largest absolute Gasteiger partial charge is 0.308 e. The molecule has 0 atom stereocenters. The van der Waals surface area contributed by atoms with Crippen molar-refractivity contribution < 1.29 is 0 Å². The van der Waals surface area contributed by atoms with Crippen LogP contribution in [0.2, 0.25) is 0 Å². The highest BCUT2D eigenvalue weighted by Gasteiger charge is 2.26. The van der Waals surface area contributed by atoms with Crippen molar-refractivity contribution in [3.63, 3.8) is 0 Å². The molecule has 1 saturated carbocycles. The minimum absolute atomic E-state index is 0.640. The van der Waals surface area contributed by atoms with E-state index in [1.54, 1.807) is 0 Å². The molecule has 2 aromatic rings. The molecule has 1 aliphatic carbocycles. The zero-order valence-electron chi connectivity index (χ0n) is 11.2. The Kier molecular flexibility index (Phi) is 2.94. The molecule has 0 aliphatic heterocycles. The van der Waals surface area contributed by atoms with E-state index in [-0.39, 0.29) is 0 Å². The zero-order valence-corrected chi connectivity index (χ0v) is 11.2. The van der Waals surface area contributed by atoms with E-state index in [1.807, 2.05) is 24.7 Å². The number of hydrogen-bond donors (Lipinski definition) is 2. The maximum absolute atomic E-state index is 5.51. The van der Waals surface area contributed by atoms with E-state index in [0.717, 1.165) is 29.3 Å². The van der Waals surface area contributed by atoms with Crippen LogP contribution in [0.15, 0.2) is 12.3 Å². The molecule has 0 aromatic carbocycles. The number of nitrogen functional groups attached to an aromatic ring is 1. The van der Waals surface area contributed by atoms with Gasteiger partial charge >= 0.3 is 0 Å². The second kappa shape index (κ2) is 4.62. The molecule has 2 heterocycles. The van der Waals surface area contributed by atoms with Gasteiger partial charge in [0.25, 0.3) is 0 Å². The first-order valence-electron chi connectivity index (χ1n) is 6.63. The summed E-state index contributed by atoms with van der Waals surface area (Å²) in [5, 5.41) is 4.61. The molecule has 3 N–H and O–H groups in total. The van der Waals surface area contributed by atoms with Crippen LogP contribution in [-0.2, 0) is 6.42 Å². The topological polar surface area (TPSA) is 81.6 Å². The summed E-state index contributed by atoms with van der Waals surface area (Å²) < 4.78 is 1.82. The predicted molar refractivity (Wildman–Crippen MR) is 73.1 cm³/mol. The Morgan fingerprint density at radius 3 is 2.84 bits per heavy atom. The molecule has 0 saturated heterocycles. The van der Waals surface area contributed by atoms with Crippen LogP contribution in [0.1, 0.15) is 42.8 Å². The van der Waals surface area contributed by atoms with E-state index < -0.39 is 0 Å². The van der Waals surface area contributed by atoms with Crippen molar-refractivity contribution >= 4 is 5.82 Å². The number of aryl methyl sites for hydroxylation is 1. The highest BCUT2D eigenvalue weighted by Crippen LogP contribution is 2.39. The van der Waals surface area contributed by atoms with E-state index in [2.05, 4.69) is 26.6 Å². The summed E-state index contributed by atoms with van der Waals surface area (Å²) >= 11 is 0. The molecule has 3 rings (SSSR count). The van der Waals surface area contributed by atoms with E-state index in [1.165, 1.54) is 12.8 Å². The molecular formula is C13H18N6. The van der Waals surface area contributed by atoms with Crippen molar-refractivity contribution in [3.05, 3.63) is 29.3 Å². The van der Waals surface area contributed by atoms with Crippen molar-refractivity contribution in [2.75, 3.05) is 5.43 Å². The summed E-state index contributed by atoms with van der Waals surface area (Å²) in [6.07, 6.45) is 5.21. The average molecular weight is 258 g/mol. The number of nitrogens with one attached hydrogen (secondary N) is 1. The Bertz CT molecular complexity index is 599. The van der Waals surface area contributed by atoms with Crippen LogP contribution in [-0.4, -0.2) is 19.7 Å². The van der Waals surface area contributed by atoms with Gasteiger partial charge in [-0.3, -0.25) is 0 Å². The molecule has 6 nitrogen and oxygen atoms in total. The Morgan fingerprint density at radius 1 is 1.42 bits per heavy atom. The Balaban J connectivity index is 2.06. The number of aromatic nitrogens is 4. The molecule has 100 valence electrons. The van der Waals surface area contributed by atoms with Gasteiger partial charge in [0.1, 0.15) is 11.6 Å². The highest BCUT2D eigenvalue weighted by molar-refractivity contribution is 5.50. The molecule has 0 amide bonds. The van der Waals surface area contributed by atoms with Crippen LogP contribution in [0.25, 0.3) is 5.82 Å². The molecule has 0 bridgehead atoms. The van der Waals surface area contributed by atoms with Gasteiger partial charge in [0.15, 0.2) is 5.82 Å². The van der Waals surface area contributed by atoms with E-state index in [9.17, 15) is 0 Å². The minimum Gasteiger partial charge on any atom is -0.308 e. The van der Waals surface area contributed by atoms with Crippen LogP contribution >= 0.6 is 0 Å². The molecule has 2 aromatic heterocycles. The quantitative estimate of drug-likeness (QED) is 0.644. The van der Waals surface area contributed by atoms with Crippen molar-refractivity contribution in [3.8, 4) is 5.82 Å². The number of rotatable bonds is 4. The second-order valence-electron chi connectivity index (χ2n) is 4.89. The zero-order chi connectivity index (χ0) is 13.4. The second-order valence-corrected chi connectivity index (χ2v) is 4.89. The SMILES string of the molecule is CCc1nc(NN)c(C)c(-n2ccc(C3CC3)n2)n1. The van der Waals surface area contributed by atoms with Gasteiger partial charge in [0.05, 0.1) is 5.69 Å². The fourth-order valence-electron chi connectivity index (χ4n) is 2.12. The third-order valence-electron chi connectivity index (χ3n) is 3.44. The first-order valence-corrected chi connectivity index (χ1v) is 6.63. The number of nitrogens with two attached hydrogens (primary N) is 1. The van der Waals surface area contributed by atoms with Crippen LogP contribution < -0.4 is 11.3 Å². The first kappa shape index (κ1) is 12.1. The highest BCUT2D eigenvalue weighted by atomic mass is 15.3. The minimum atomic E-state index is 0.640. The van der Waals surface area contributed by atoms with Gasteiger partial charge in [-0.2, -0.15) is 5.10 Å². The van der Waals surface area contributed by atoms with Crippen LogP contribution in [0, 0.1) is 6.92 Å². The molecule has 1 aliphatic rings. The fourth-order valence-corrected chi connectivity index (χ4v) is 2.12. The summed E-state index contributed by atoms with van der Waals surface area (Å²) in [6.45, 7) is 3.97. The van der Waals surface area contributed by atoms with Crippen LogP contribution in [0.4, 0.5) is 5.82 Å². The van der Waals surface area contributed by atoms with Gasteiger partial charge in [-0.15, -0.1) is 0 Å². The summed E-state index contributed by atoms with van der Waals surface area (Å²) in [4.78, 5) is 8.92. The Labute approximate surface area is 112 Å². The predicted octanol–water partition coefficient (Wildman–Crippen LogP) is 1.70. The molecule has 0 spiro atoms. The lowest BCUT2D eigenvalue weighted by Crippen LogP contribution is -2.15. The first-order chi connectivity index (χ1) is 9.22. The van der Waals surface area contributed by atoms with E-state index in [0.29, 0.717) is 11.7 Å². The third kappa shape index (κ3) is 2.19. The number of anilines is 1. The molecule has 19 heavy (non-hydrogen) atoms. The van der Waals surface area contributed by atoms with Gasteiger partial charge < -0.3 is 5.43 Å². The van der Waals surface area contributed by atoms with Gasteiger partial charge in [0, 0.05) is 24.1 Å². The lowest BCUT2D eigenvalue weighted by Gasteiger charge is -2.11. The molecule has 1 fully saturated rings. The molecule has 0 radical (unpaired) electrons. The molecular weight excluding hydrogens is 240 g/mol. The Morgan fingerprint density at radius 2 is 2.21 bits per heavy atom. The lowest BCUT2D eigenvalue weighted by atomic mass is 10.3. The maximum Gasteiger partial charge on any atom is 0.162 e. The Hall–Kier alpha value is -1.95. The van der Waals surface area contributed by atoms with Crippen molar-refractivity contribution in [2.45, 2.75) is 39.0 Å². The van der Waals surface area contributed by atoms with E-state index >= 15 is 0 Å². The summed E-state index contributed by atoms with van der Waals surface area (Å²) in [5.74, 6) is 8.37. The summed E-state index contributed by atoms with van der Waals surface area (Å²) in [6, 6.07) is 2.07. The number of hydrogen-bond acceptors (Lipinski definition) is 5. The van der Waals surface area contributed by atoms with Gasteiger partial charge in [0.2, 0.25) is 0 Å². The maximum atomic E-state index is 5.51. The number of hydrazine groups is 1. The van der Waals surface area contributed by atoms with Gasteiger partial charge in [-0.05, 0) is 25.8 Å². The van der Waals surface area contributed by atoms with E-state index in [4.69, 9.17) is 5.84 Å². The normalized spacial score (nSPS) is 14.7. The van der Waals surface area contributed by atoms with Crippen LogP contribution in [0.3, 0.4) is 0 Å². The van der Waals surface area contributed by atoms with Crippen molar-refractivity contribution in [1.29, 1.82) is 0 Å². The molecule has 0 unspecified atom stereocenters. The fraction of sp³-hybridized carbons (Fsp3) is 0.462. The van der Waals surface area contributed by atoms with Crippen molar-refractivity contribution in [1.82, 2.24) is 19.7 Å². The van der Waals surface area contributed by atoms with Gasteiger partial charge in [-0.1, -0.05) is 6.92 Å². The summed E-state index contributed by atoms with van der Waals surface area (Å²) in [5.41, 5.74) is 4.69. The molecule has 6 heteroatoms. The summed E-state index contributed by atoms with van der Waals surface area (Å²) in [7, 11) is 0. The standard InChI is InChI=1S/C13H18N6/c1-3-11-15-12(17-14)8(2)13(16-11)19-7-6-10(18-19)9-4-5-9/h6-7,9H,3-5,14H2,1-2H3,(H,15,16,17). The van der Waals surface area contributed by atoms with Crippen molar-refractivity contribution in [2.24, 2.45) is 5.84 Å². The monoisotopic (exact) mass is 258 g/mol. The lowest BCUT2D eigenvalue weighted by molar-refractivity contribution is 0.782.